The third-order valence-electron chi connectivity index (χ3n) is 4.21. The Hall–Kier alpha value is -1.97. The molecule has 0 amide bonds. The largest absolute Gasteiger partial charge is 0.468 e. The molecule has 2 heterocycles. The fourth-order valence-electron chi connectivity index (χ4n) is 3.10. The summed E-state index contributed by atoms with van der Waals surface area (Å²) in [5.74, 6) is -0.648. The number of ether oxygens (including phenoxy) is 1. The second kappa shape index (κ2) is 6.20. The van der Waals surface area contributed by atoms with Crippen LogP contribution in [0.3, 0.4) is 0 Å². The van der Waals surface area contributed by atoms with E-state index in [1.54, 1.807) is 0 Å². The van der Waals surface area contributed by atoms with Gasteiger partial charge in [-0.15, -0.1) is 0 Å². The van der Waals surface area contributed by atoms with E-state index in [1.807, 2.05) is 12.4 Å². The highest BCUT2D eigenvalue weighted by Gasteiger charge is 2.30. The molecule has 4 heteroatoms. The van der Waals surface area contributed by atoms with Crippen molar-refractivity contribution in [3.05, 3.63) is 46.0 Å². The Kier molecular flexibility index (Phi) is 4.56. The summed E-state index contributed by atoms with van der Waals surface area (Å²) in [4.78, 5) is 19.0. The Morgan fingerprint density at radius 2 is 1.48 bits per heavy atom. The van der Waals surface area contributed by atoms with Gasteiger partial charge in [-0.25, -0.2) is 0 Å². The molecule has 2 aromatic rings. The number of hydrogen-bond donors (Lipinski definition) is 2. The third kappa shape index (κ3) is 2.62. The lowest BCUT2D eigenvalue weighted by Gasteiger charge is -2.17. The maximum Gasteiger partial charge on any atom is 0.320 e. The molecule has 0 aliphatic rings. The molecule has 2 aromatic heterocycles. The van der Waals surface area contributed by atoms with Gasteiger partial charge >= 0.3 is 5.97 Å². The zero-order chi connectivity index (χ0) is 15.6. The van der Waals surface area contributed by atoms with E-state index in [1.165, 1.54) is 29.4 Å². The number of aryl methyl sites for hydroxylation is 2. The van der Waals surface area contributed by atoms with Gasteiger partial charge in [0.1, 0.15) is 5.92 Å². The van der Waals surface area contributed by atoms with E-state index in [9.17, 15) is 4.79 Å². The average Bonchev–Trinajstić information content (AvgIpc) is 3.02. The lowest BCUT2D eigenvalue weighted by atomic mass is 9.92. The standard InChI is InChI=1S/C17H24N2O2/c1-6-12-10(3)8-18-15(12)14(17(20)21-5)16-13(7-2)11(4)9-19-16/h8-9,14,18-19H,6-7H2,1-5H3. The summed E-state index contributed by atoms with van der Waals surface area (Å²) >= 11 is 0. The van der Waals surface area contributed by atoms with E-state index in [0.717, 1.165) is 24.2 Å². The molecule has 2 N–H and O–H groups in total. The fourth-order valence-corrected chi connectivity index (χ4v) is 3.10. The highest BCUT2D eigenvalue weighted by atomic mass is 16.5. The van der Waals surface area contributed by atoms with Crippen LogP contribution in [0.1, 0.15) is 53.4 Å². The molecule has 0 spiro atoms. The van der Waals surface area contributed by atoms with E-state index < -0.39 is 5.92 Å². The first kappa shape index (κ1) is 15.4. The van der Waals surface area contributed by atoms with Crippen LogP contribution in [-0.4, -0.2) is 23.0 Å². The number of carbonyl (C=O) groups is 1. The number of hydrogen-bond acceptors (Lipinski definition) is 2. The quantitative estimate of drug-likeness (QED) is 0.829. The Balaban J connectivity index is 2.61. The molecule has 0 bridgehead atoms. The lowest BCUT2D eigenvalue weighted by molar-refractivity contribution is -0.141. The summed E-state index contributed by atoms with van der Waals surface area (Å²) in [6.45, 7) is 8.34. The summed E-state index contributed by atoms with van der Waals surface area (Å²) in [5, 5.41) is 0. The van der Waals surface area contributed by atoms with Gasteiger partial charge in [-0.05, 0) is 48.9 Å². The summed E-state index contributed by atoms with van der Waals surface area (Å²) in [5.41, 5.74) is 6.64. The lowest BCUT2D eigenvalue weighted by Crippen LogP contribution is -2.19. The number of nitrogens with one attached hydrogen (secondary N) is 2. The van der Waals surface area contributed by atoms with Crippen LogP contribution in [0.5, 0.6) is 0 Å². The van der Waals surface area contributed by atoms with Crippen molar-refractivity contribution in [2.45, 2.75) is 46.5 Å². The monoisotopic (exact) mass is 288 g/mol. The Morgan fingerprint density at radius 3 is 1.81 bits per heavy atom. The fraction of sp³-hybridized carbons (Fsp3) is 0.471. The van der Waals surface area contributed by atoms with Crippen molar-refractivity contribution in [1.29, 1.82) is 0 Å². The van der Waals surface area contributed by atoms with Crippen LogP contribution in [0, 0.1) is 13.8 Å². The first-order valence-corrected chi connectivity index (χ1v) is 7.46. The van der Waals surface area contributed by atoms with Crippen molar-refractivity contribution in [3.8, 4) is 0 Å². The van der Waals surface area contributed by atoms with Gasteiger partial charge in [0, 0.05) is 23.8 Å². The van der Waals surface area contributed by atoms with E-state index in [2.05, 4.69) is 37.7 Å². The maximum atomic E-state index is 12.4. The van der Waals surface area contributed by atoms with E-state index in [0.29, 0.717) is 0 Å². The summed E-state index contributed by atoms with van der Waals surface area (Å²) in [7, 11) is 1.44. The van der Waals surface area contributed by atoms with Crippen LogP contribution in [-0.2, 0) is 22.4 Å². The molecular formula is C17H24N2O2. The van der Waals surface area contributed by atoms with Crippen molar-refractivity contribution in [1.82, 2.24) is 9.97 Å². The topological polar surface area (TPSA) is 57.9 Å². The average molecular weight is 288 g/mol. The van der Waals surface area contributed by atoms with Crippen molar-refractivity contribution in [3.63, 3.8) is 0 Å². The van der Waals surface area contributed by atoms with E-state index in [4.69, 9.17) is 4.74 Å². The van der Waals surface area contributed by atoms with Gasteiger partial charge in [-0.1, -0.05) is 13.8 Å². The minimum absolute atomic E-state index is 0.233. The van der Waals surface area contributed by atoms with Crippen LogP contribution in [0.2, 0.25) is 0 Å². The number of methoxy groups -OCH3 is 1. The predicted octanol–water partition coefficient (Wildman–Crippen LogP) is 3.39. The van der Waals surface area contributed by atoms with E-state index in [-0.39, 0.29) is 5.97 Å². The second-order valence-electron chi connectivity index (χ2n) is 5.39. The van der Waals surface area contributed by atoms with Crippen LogP contribution in [0.15, 0.2) is 12.4 Å². The first-order chi connectivity index (χ1) is 10.0. The molecular weight excluding hydrogens is 264 g/mol. The molecule has 0 aromatic carbocycles. The molecule has 0 saturated carbocycles. The Morgan fingerprint density at radius 1 is 1.05 bits per heavy atom. The first-order valence-electron chi connectivity index (χ1n) is 7.46. The smallest absolute Gasteiger partial charge is 0.320 e. The summed E-state index contributed by atoms with van der Waals surface area (Å²) in [6, 6.07) is 0. The van der Waals surface area contributed by atoms with Gasteiger partial charge in [0.15, 0.2) is 0 Å². The number of H-pyrrole nitrogens is 2. The second-order valence-corrected chi connectivity index (χ2v) is 5.39. The van der Waals surface area contributed by atoms with Gasteiger partial charge < -0.3 is 14.7 Å². The highest BCUT2D eigenvalue weighted by Crippen LogP contribution is 2.32. The minimum Gasteiger partial charge on any atom is -0.468 e. The third-order valence-corrected chi connectivity index (χ3v) is 4.21. The summed E-state index contributed by atoms with van der Waals surface area (Å²) < 4.78 is 5.06. The molecule has 0 aliphatic heterocycles. The molecule has 0 aliphatic carbocycles. The molecule has 21 heavy (non-hydrogen) atoms. The summed E-state index contributed by atoms with van der Waals surface area (Å²) in [6.07, 6.45) is 5.70. The molecule has 0 fully saturated rings. The van der Waals surface area contributed by atoms with Crippen LogP contribution < -0.4 is 0 Å². The van der Waals surface area contributed by atoms with Crippen molar-refractivity contribution in [2.24, 2.45) is 0 Å². The zero-order valence-corrected chi connectivity index (χ0v) is 13.5. The highest BCUT2D eigenvalue weighted by molar-refractivity contribution is 5.82. The molecule has 0 atom stereocenters. The number of aromatic amines is 2. The van der Waals surface area contributed by atoms with Gasteiger partial charge in [0.25, 0.3) is 0 Å². The van der Waals surface area contributed by atoms with Gasteiger partial charge in [-0.2, -0.15) is 0 Å². The normalized spacial score (nSPS) is 11.1. The maximum absolute atomic E-state index is 12.4. The van der Waals surface area contributed by atoms with Crippen molar-refractivity contribution in [2.75, 3.05) is 7.11 Å². The molecule has 114 valence electrons. The molecule has 0 radical (unpaired) electrons. The van der Waals surface area contributed by atoms with Gasteiger partial charge in [0.05, 0.1) is 7.11 Å². The number of esters is 1. The van der Waals surface area contributed by atoms with E-state index >= 15 is 0 Å². The van der Waals surface area contributed by atoms with Crippen molar-refractivity contribution < 1.29 is 9.53 Å². The Labute approximate surface area is 125 Å². The van der Waals surface area contributed by atoms with Crippen LogP contribution >= 0.6 is 0 Å². The predicted molar refractivity (Wildman–Crippen MR) is 83.7 cm³/mol. The molecule has 0 saturated heterocycles. The number of aromatic nitrogens is 2. The zero-order valence-electron chi connectivity index (χ0n) is 13.5. The number of carbonyl (C=O) groups excluding carboxylic acids is 1. The van der Waals surface area contributed by atoms with Crippen molar-refractivity contribution >= 4 is 5.97 Å². The molecule has 0 unspecified atom stereocenters. The van der Waals surface area contributed by atoms with Gasteiger partial charge in [-0.3, -0.25) is 4.79 Å². The molecule has 4 nitrogen and oxygen atoms in total. The van der Waals surface area contributed by atoms with Crippen LogP contribution in [0.4, 0.5) is 0 Å². The van der Waals surface area contributed by atoms with Crippen LogP contribution in [0.25, 0.3) is 0 Å². The molecule has 2 rings (SSSR count). The SMILES string of the molecule is CCc1c(C)c[nH]c1C(C(=O)OC)c1[nH]cc(C)c1CC. The Bertz CT molecular complexity index is 589. The van der Waals surface area contributed by atoms with Gasteiger partial charge in [0.2, 0.25) is 0 Å². The number of rotatable bonds is 5. The minimum atomic E-state index is -0.415.